The molecule has 0 radical (unpaired) electrons. The van der Waals surface area contributed by atoms with Crippen LogP contribution >= 0.6 is 11.3 Å². The zero-order chi connectivity index (χ0) is 20.9. The van der Waals surface area contributed by atoms with Crippen LogP contribution in [-0.2, 0) is 12.8 Å². The second-order valence-corrected chi connectivity index (χ2v) is 8.38. The average molecular weight is 410 g/mol. The van der Waals surface area contributed by atoms with Gasteiger partial charge in [-0.3, -0.25) is 9.97 Å². The summed E-state index contributed by atoms with van der Waals surface area (Å²) in [6, 6.07) is 16.5. The molecule has 148 valence electrons. The normalized spacial score (nSPS) is 10.5. The second-order valence-electron chi connectivity index (χ2n) is 7.09. The fraction of sp³-hybridized carbons (Fsp3) is 0.192. The molecular formula is C26H23N3S. The molecule has 4 rings (SSSR count). The molecule has 0 N–H and O–H groups in total. The Hall–Kier alpha value is -3.29. The highest BCUT2D eigenvalue weighted by Gasteiger charge is 2.09. The molecule has 4 aromatic rings. The van der Waals surface area contributed by atoms with Crippen molar-refractivity contribution in [2.24, 2.45) is 0 Å². The van der Waals surface area contributed by atoms with Gasteiger partial charge in [-0.15, -0.1) is 11.3 Å². The van der Waals surface area contributed by atoms with Gasteiger partial charge in [-0.1, -0.05) is 25.7 Å². The van der Waals surface area contributed by atoms with Gasteiger partial charge >= 0.3 is 0 Å². The summed E-state index contributed by atoms with van der Waals surface area (Å²) < 4.78 is 0. The Morgan fingerprint density at radius 3 is 2.07 bits per heavy atom. The predicted molar refractivity (Wildman–Crippen MR) is 124 cm³/mol. The van der Waals surface area contributed by atoms with Gasteiger partial charge in [0.25, 0.3) is 0 Å². The first kappa shape index (κ1) is 20.0. The zero-order valence-corrected chi connectivity index (χ0v) is 18.3. The number of aromatic nitrogens is 3. The molecule has 0 aliphatic carbocycles. The highest BCUT2D eigenvalue weighted by Crippen LogP contribution is 2.24. The molecule has 4 heteroatoms. The predicted octanol–water partition coefficient (Wildman–Crippen LogP) is 6.10. The molecule has 0 unspecified atom stereocenters. The van der Waals surface area contributed by atoms with Crippen molar-refractivity contribution in [2.75, 3.05) is 0 Å². The van der Waals surface area contributed by atoms with E-state index in [1.165, 1.54) is 16.0 Å². The van der Waals surface area contributed by atoms with Crippen LogP contribution in [0.1, 0.15) is 40.3 Å². The minimum Gasteiger partial charge on any atom is -0.255 e. The van der Waals surface area contributed by atoms with E-state index in [1.54, 1.807) is 17.5 Å². The topological polar surface area (TPSA) is 38.7 Å². The second kappa shape index (κ2) is 9.02. The largest absolute Gasteiger partial charge is 0.255 e. The number of aryl methyl sites for hydroxylation is 3. The average Bonchev–Trinajstić information content (AvgIpc) is 3.22. The summed E-state index contributed by atoms with van der Waals surface area (Å²) in [5.74, 6) is 6.50. The molecule has 0 aliphatic heterocycles. The van der Waals surface area contributed by atoms with Crippen LogP contribution in [0.15, 0.2) is 60.9 Å². The molecule has 0 spiro atoms. The Morgan fingerprint density at radius 1 is 0.733 bits per heavy atom. The molecule has 0 aliphatic rings. The number of hydrogen-bond donors (Lipinski definition) is 0. The van der Waals surface area contributed by atoms with Crippen LogP contribution in [0.25, 0.3) is 22.8 Å². The van der Waals surface area contributed by atoms with Gasteiger partial charge in [0, 0.05) is 22.8 Å². The van der Waals surface area contributed by atoms with E-state index in [0.29, 0.717) is 0 Å². The lowest BCUT2D eigenvalue weighted by Crippen LogP contribution is -1.96. The summed E-state index contributed by atoms with van der Waals surface area (Å²) in [7, 11) is 0. The van der Waals surface area contributed by atoms with Crippen LogP contribution in [0.5, 0.6) is 0 Å². The molecule has 4 aromatic heterocycles. The highest BCUT2D eigenvalue weighted by atomic mass is 32.1. The summed E-state index contributed by atoms with van der Waals surface area (Å²) in [6.45, 7) is 6.39. The van der Waals surface area contributed by atoms with Gasteiger partial charge in [-0.2, -0.15) is 0 Å². The maximum absolute atomic E-state index is 4.89. The first-order valence-corrected chi connectivity index (χ1v) is 11.0. The quantitative estimate of drug-likeness (QED) is 0.382. The Labute approximate surface area is 181 Å². The van der Waals surface area contributed by atoms with Gasteiger partial charge in [0.15, 0.2) is 0 Å². The molecule has 3 nitrogen and oxygen atoms in total. The van der Waals surface area contributed by atoms with Crippen molar-refractivity contribution >= 4 is 11.3 Å². The minimum atomic E-state index is 0.826. The molecule has 0 fully saturated rings. The highest BCUT2D eigenvalue weighted by molar-refractivity contribution is 7.12. The van der Waals surface area contributed by atoms with Crippen LogP contribution in [0.3, 0.4) is 0 Å². The summed E-state index contributed by atoms with van der Waals surface area (Å²) in [6.07, 6.45) is 5.55. The molecule has 0 saturated heterocycles. The van der Waals surface area contributed by atoms with E-state index < -0.39 is 0 Å². The Morgan fingerprint density at radius 2 is 1.40 bits per heavy atom. The summed E-state index contributed by atoms with van der Waals surface area (Å²) in [5, 5.41) is 0. The van der Waals surface area contributed by atoms with E-state index in [0.717, 1.165) is 46.1 Å². The molecular weight excluding hydrogens is 386 g/mol. The van der Waals surface area contributed by atoms with Crippen molar-refractivity contribution in [1.29, 1.82) is 0 Å². The standard InChI is InChI=1S/C26H23N3S/c1-4-19-10-12-27-23(14-19)25-15-20(5-2)16-26(29-25)24-17-21(11-13-28-24)7-9-22-8-6-18(3)30-22/h6,8,10-17H,4-5H2,1-3H3. The Kier molecular flexibility index (Phi) is 6.02. The van der Waals surface area contributed by atoms with E-state index in [2.05, 4.69) is 72.9 Å². The molecule has 30 heavy (non-hydrogen) atoms. The first-order chi connectivity index (χ1) is 14.6. The van der Waals surface area contributed by atoms with E-state index >= 15 is 0 Å². The Bertz CT molecular complexity index is 1240. The molecule has 4 heterocycles. The third-order valence-corrected chi connectivity index (χ3v) is 5.80. The number of pyridine rings is 3. The van der Waals surface area contributed by atoms with Gasteiger partial charge in [0.05, 0.1) is 27.7 Å². The van der Waals surface area contributed by atoms with Crippen LogP contribution in [0, 0.1) is 18.8 Å². The molecule has 0 bridgehead atoms. The van der Waals surface area contributed by atoms with Gasteiger partial charge in [0.2, 0.25) is 0 Å². The first-order valence-electron chi connectivity index (χ1n) is 10.2. The molecule has 0 amide bonds. The molecule has 0 aromatic carbocycles. The maximum Gasteiger partial charge on any atom is 0.0898 e. The van der Waals surface area contributed by atoms with E-state index in [-0.39, 0.29) is 0 Å². The van der Waals surface area contributed by atoms with Crippen molar-refractivity contribution in [2.45, 2.75) is 33.6 Å². The number of nitrogens with zero attached hydrogens (tertiary/aromatic N) is 3. The van der Waals surface area contributed by atoms with Gasteiger partial charge < -0.3 is 0 Å². The third-order valence-electron chi connectivity index (χ3n) is 4.88. The molecule has 0 atom stereocenters. The lowest BCUT2D eigenvalue weighted by atomic mass is 10.1. The van der Waals surface area contributed by atoms with Gasteiger partial charge in [-0.05, 0) is 79.4 Å². The summed E-state index contributed by atoms with van der Waals surface area (Å²) in [4.78, 5) is 16.3. The third kappa shape index (κ3) is 4.64. The van der Waals surface area contributed by atoms with Crippen molar-refractivity contribution in [3.05, 3.63) is 87.4 Å². The zero-order valence-electron chi connectivity index (χ0n) is 17.4. The van der Waals surface area contributed by atoms with Crippen molar-refractivity contribution < 1.29 is 0 Å². The SMILES string of the molecule is CCc1ccnc(-c2cc(CC)cc(-c3cc(C#Cc4ccc(C)s4)ccn3)n2)c1. The Balaban J connectivity index is 1.72. The van der Waals surface area contributed by atoms with Gasteiger partial charge in [0.1, 0.15) is 0 Å². The fourth-order valence-corrected chi connectivity index (χ4v) is 3.89. The fourth-order valence-electron chi connectivity index (χ4n) is 3.17. The van der Waals surface area contributed by atoms with Crippen LogP contribution < -0.4 is 0 Å². The number of thiophene rings is 1. The lowest BCUT2D eigenvalue weighted by molar-refractivity contribution is 1.10. The van der Waals surface area contributed by atoms with Crippen LogP contribution in [0.2, 0.25) is 0 Å². The van der Waals surface area contributed by atoms with E-state index in [9.17, 15) is 0 Å². The minimum absolute atomic E-state index is 0.826. The lowest BCUT2D eigenvalue weighted by Gasteiger charge is -2.09. The van der Waals surface area contributed by atoms with Crippen LogP contribution in [0.4, 0.5) is 0 Å². The maximum atomic E-state index is 4.89. The van der Waals surface area contributed by atoms with Crippen molar-refractivity contribution in [1.82, 2.24) is 15.0 Å². The van der Waals surface area contributed by atoms with Crippen molar-refractivity contribution in [3.63, 3.8) is 0 Å². The van der Waals surface area contributed by atoms with Gasteiger partial charge in [-0.25, -0.2) is 4.98 Å². The summed E-state index contributed by atoms with van der Waals surface area (Å²) >= 11 is 1.71. The number of rotatable bonds is 4. The summed E-state index contributed by atoms with van der Waals surface area (Å²) in [5.41, 5.74) is 6.86. The number of hydrogen-bond acceptors (Lipinski definition) is 4. The van der Waals surface area contributed by atoms with E-state index in [1.807, 2.05) is 24.4 Å². The van der Waals surface area contributed by atoms with E-state index in [4.69, 9.17) is 4.98 Å². The van der Waals surface area contributed by atoms with Crippen molar-refractivity contribution in [3.8, 4) is 34.6 Å². The van der Waals surface area contributed by atoms with Crippen LogP contribution in [-0.4, -0.2) is 15.0 Å². The smallest absolute Gasteiger partial charge is 0.0898 e. The molecule has 0 saturated carbocycles. The monoisotopic (exact) mass is 409 g/mol.